The fourth-order valence-electron chi connectivity index (χ4n) is 0.935. The highest BCUT2D eigenvalue weighted by Gasteiger charge is 2.07. The van der Waals surface area contributed by atoms with Crippen LogP contribution in [0.25, 0.3) is 0 Å². The molecule has 0 saturated carbocycles. The molecule has 0 aliphatic rings. The van der Waals surface area contributed by atoms with Crippen molar-refractivity contribution in [3.8, 4) is 0 Å². The minimum atomic E-state index is -0.201. The Hall–Kier alpha value is -0.120. The first-order valence-corrected chi connectivity index (χ1v) is 4.88. The summed E-state index contributed by atoms with van der Waals surface area (Å²) in [6.45, 7) is 10.8. The highest BCUT2D eigenvalue weighted by molar-refractivity contribution is 4.41. The molecule has 0 saturated heterocycles. The van der Waals surface area contributed by atoms with E-state index in [1.807, 2.05) is 20.8 Å². The van der Waals surface area contributed by atoms with Gasteiger partial charge in [0.1, 0.15) is 0 Å². The Morgan fingerprint density at radius 2 is 1.77 bits per heavy atom. The summed E-state index contributed by atoms with van der Waals surface area (Å²) in [5, 5.41) is 0. The molecule has 0 fully saturated rings. The summed E-state index contributed by atoms with van der Waals surface area (Å²) in [6.07, 6.45) is 1.47. The minimum Gasteiger partial charge on any atom is -0.353 e. The molecule has 0 amide bonds. The molecule has 0 rings (SSSR count). The van der Waals surface area contributed by atoms with Crippen molar-refractivity contribution in [1.82, 2.24) is 0 Å². The summed E-state index contributed by atoms with van der Waals surface area (Å²) < 4.78 is 15.9. The third-order valence-electron chi connectivity index (χ3n) is 1.53. The van der Waals surface area contributed by atoms with Gasteiger partial charge in [-0.1, -0.05) is 13.3 Å². The van der Waals surface area contributed by atoms with Crippen LogP contribution in [0.1, 0.15) is 33.6 Å². The third kappa shape index (κ3) is 8.22. The molecule has 0 spiro atoms. The molecule has 0 bridgehead atoms. The second-order valence-electron chi connectivity index (χ2n) is 2.80. The molecule has 0 N–H and O–H groups in total. The standard InChI is InChI=1S/C10H21O3/c1-5-7-8-12-10(4)13-9(3)11-6-2/h9-10H,1,5-8H2,2-4H3. The van der Waals surface area contributed by atoms with Gasteiger partial charge in [-0.2, -0.15) is 0 Å². The Balaban J connectivity index is 3.32. The van der Waals surface area contributed by atoms with E-state index in [4.69, 9.17) is 14.2 Å². The molecular formula is C10H21O3. The van der Waals surface area contributed by atoms with Gasteiger partial charge in [-0.05, 0) is 27.2 Å². The van der Waals surface area contributed by atoms with Crippen LogP contribution in [-0.2, 0) is 14.2 Å². The van der Waals surface area contributed by atoms with Crippen molar-refractivity contribution < 1.29 is 14.2 Å². The van der Waals surface area contributed by atoms with E-state index < -0.39 is 0 Å². The maximum atomic E-state index is 5.37. The summed E-state index contributed by atoms with van der Waals surface area (Å²) in [6, 6.07) is 0. The molecule has 0 aliphatic heterocycles. The average molecular weight is 189 g/mol. The van der Waals surface area contributed by atoms with Crippen molar-refractivity contribution in [1.29, 1.82) is 0 Å². The van der Waals surface area contributed by atoms with Gasteiger partial charge >= 0.3 is 0 Å². The molecule has 0 aromatic rings. The summed E-state index contributed by atoms with van der Waals surface area (Å²) in [5.74, 6) is 0. The van der Waals surface area contributed by atoms with Gasteiger partial charge in [0.2, 0.25) is 0 Å². The Bertz CT molecular complexity index is 106. The molecule has 0 aromatic heterocycles. The number of hydrogen-bond acceptors (Lipinski definition) is 3. The lowest BCUT2D eigenvalue weighted by Gasteiger charge is -2.19. The second kappa shape index (κ2) is 8.48. The van der Waals surface area contributed by atoms with Gasteiger partial charge in [0.25, 0.3) is 0 Å². The summed E-state index contributed by atoms with van der Waals surface area (Å²) in [4.78, 5) is 0. The van der Waals surface area contributed by atoms with Gasteiger partial charge in [-0.15, -0.1) is 0 Å². The molecule has 0 aliphatic carbocycles. The van der Waals surface area contributed by atoms with E-state index in [9.17, 15) is 0 Å². The van der Waals surface area contributed by atoms with E-state index in [1.54, 1.807) is 0 Å². The van der Waals surface area contributed by atoms with Crippen molar-refractivity contribution >= 4 is 0 Å². The van der Waals surface area contributed by atoms with Crippen LogP contribution in [0.2, 0.25) is 0 Å². The van der Waals surface area contributed by atoms with Crippen molar-refractivity contribution in [2.24, 2.45) is 0 Å². The Morgan fingerprint density at radius 1 is 1.15 bits per heavy atom. The summed E-state index contributed by atoms with van der Waals surface area (Å²) >= 11 is 0. The van der Waals surface area contributed by atoms with Crippen LogP contribution in [0.3, 0.4) is 0 Å². The first kappa shape index (κ1) is 12.9. The molecule has 79 valence electrons. The van der Waals surface area contributed by atoms with E-state index in [1.165, 1.54) is 0 Å². The van der Waals surface area contributed by atoms with Crippen LogP contribution in [-0.4, -0.2) is 25.8 Å². The zero-order valence-electron chi connectivity index (χ0n) is 8.91. The minimum absolute atomic E-state index is 0.195. The number of unbranched alkanes of at least 4 members (excludes halogenated alkanes) is 1. The number of ether oxygens (including phenoxy) is 3. The lowest BCUT2D eigenvalue weighted by Crippen LogP contribution is -2.22. The van der Waals surface area contributed by atoms with Crippen molar-refractivity contribution in [3.63, 3.8) is 0 Å². The van der Waals surface area contributed by atoms with Crippen LogP contribution in [0.5, 0.6) is 0 Å². The largest absolute Gasteiger partial charge is 0.353 e. The smallest absolute Gasteiger partial charge is 0.157 e. The molecule has 3 heteroatoms. The fourth-order valence-corrected chi connectivity index (χ4v) is 0.935. The third-order valence-corrected chi connectivity index (χ3v) is 1.53. The van der Waals surface area contributed by atoms with Crippen molar-refractivity contribution in [3.05, 3.63) is 6.92 Å². The molecular weight excluding hydrogens is 168 g/mol. The SMILES string of the molecule is [CH2]CCCOC(C)OC(C)OCC. The molecule has 2 atom stereocenters. The Labute approximate surface area is 81.4 Å². The van der Waals surface area contributed by atoms with E-state index in [2.05, 4.69) is 6.92 Å². The molecule has 2 unspecified atom stereocenters. The van der Waals surface area contributed by atoms with Gasteiger partial charge in [-0.3, -0.25) is 0 Å². The van der Waals surface area contributed by atoms with E-state index in [-0.39, 0.29) is 12.6 Å². The Kier molecular flexibility index (Phi) is 8.40. The molecule has 0 aromatic carbocycles. The van der Waals surface area contributed by atoms with Gasteiger partial charge in [0.15, 0.2) is 12.6 Å². The Morgan fingerprint density at radius 3 is 2.31 bits per heavy atom. The van der Waals surface area contributed by atoms with E-state index >= 15 is 0 Å². The number of rotatable bonds is 8. The lowest BCUT2D eigenvalue weighted by atomic mass is 10.4. The van der Waals surface area contributed by atoms with Crippen LogP contribution in [0, 0.1) is 6.92 Å². The zero-order chi connectivity index (χ0) is 10.1. The predicted octanol–water partition coefficient (Wildman–Crippen LogP) is 2.36. The summed E-state index contributed by atoms with van der Waals surface area (Å²) in [7, 11) is 0. The van der Waals surface area contributed by atoms with Crippen molar-refractivity contribution in [2.75, 3.05) is 13.2 Å². The zero-order valence-corrected chi connectivity index (χ0v) is 8.91. The average Bonchev–Trinajstić information content (AvgIpc) is 2.05. The van der Waals surface area contributed by atoms with Gasteiger partial charge < -0.3 is 14.2 Å². The molecule has 3 nitrogen and oxygen atoms in total. The normalized spacial score (nSPS) is 15.7. The molecule has 13 heavy (non-hydrogen) atoms. The first-order valence-electron chi connectivity index (χ1n) is 4.88. The maximum absolute atomic E-state index is 5.37. The summed E-state index contributed by atoms with van der Waals surface area (Å²) in [5.41, 5.74) is 0. The van der Waals surface area contributed by atoms with E-state index in [0.717, 1.165) is 12.8 Å². The van der Waals surface area contributed by atoms with E-state index in [0.29, 0.717) is 13.2 Å². The predicted molar refractivity (Wildman–Crippen MR) is 52.2 cm³/mol. The number of hydrogen-bond donors (Lipinski definition) is 0. The van der Waals surface area contributed by atoms with Gasteiger partial charge in [0.05, 0.1) is 0 Å². The van der Waals surface area contributed by atoms with Crippen molar-refractivity contribution in [2.45, 2.75) is 46.2 Å². The van der Waals surface area contributed by atoms with Crippen LogP contribution in [0.15, 0.2) is 0 Å². The fraction of sp³-hybridized carbons (Fsp3) is 0.900. The molecule has 0 heterocycles. The van der Waals surface area contributed by atoms with Crippen LogP contribution in [0.4, 0.5) is 0 Å². The highest BCUT2D eigenvalue weighted by atomic mass is 16.8. The second-order valence-corrected chi connectivity index (χ2v) is 2.80. The van der Waals surface area contributed by atoms with Gasteiger partial charge in [0, 0.05) is 13.2 Å². The van der Waals surface area contributed by atoms with Crippen LogP contribution >= 0.6 is 0 Å². The van der Waals surface area contributed by atoms with Gasteiger partial charge in [-0.25, -0.2) is 0 Å². The molecule has 1 radical (unpaired) electrons. The van der Waals surface area contributed by atoms with Crippen LogP contribution < -0.4 is 0 Å². The first-order chi connectivity index (χ1) is 6.20. The lowest BCUT2D eigenvalue weighted by molar-refractivity contribution is -0.230. The highest BCUT2D eigenvalue weighted by Crippen LogP contribution is 2.02. The topological polar surface area (TPSA) is 27.7 Å². The monoisotopic (exact) mass is 189 g/mol. The quantitative estimate of drug-likeness (QED) is 0.433. The maximum Gasteiger partial charge on any atom is 0.157 e.